The summed E-state index contributed by atoms with van der Waals surface area (Å²) in [6, 6.07) is 7.33. The molecule has 4 N–H and O–H groups in total. The van der Waals surface area contributed by atoms with Gasteiger partial charge in [-0.05, 0) is 12.1 Å². The van der Waals surface area contributed by atoms with E-state index >= 15 is 0 Å². The molecule has 0 aliphatic carbocycles. The quantitative estimate of drug-likeness (QED) is 0.638. The predicted molar refractivity (Wildman–Crippen MR) is 56.5 cm³/mol. The molecule has 4 nitrogen and oxygen atoms in total. The Kier molecular flexibility index (Phi) is 4.22. The summed E-state index contributed by atoms with van der Waals surface area (Å²) in [6.07, 6.45) is 0. The van der Waals surface area contributed by atoms with Crippen LogP contribution in [0.4, 0.5) is 5.69 Å². The predicted octanol–water partition coefficient (Wildman–Crippen LogP) is 0.427. The van der Waals surface area contributed by atoms with Crippen molar-refractivity contribution in [1.82, 2.24) is 0 Å². The molecule has 1 aromatic rings. The van der Waals surface area contributed by atoms with Gasteiger partial charge in [0.05, 0.1) is 19.4 Å². The molecule has 4 heteroatoms. The Labute approximate surface area is 83.7 Å². The minimum absolute atomic E-state index is 0.0256. The van der Waals surface area contributed by atoms with E-state index in [4.69, 9.17) is 15.6 Å². The van der Waals surface area contributed by atoms with Gasteiger partial charge in [0.25, 0.3) is 0 Å². The van der Waals surface area contributed by atoms with Crippen LogP contribution in [0.15, 0.2) is 24.3 Å². The van der Waals surface area contributed by atoms with Crippen molar-refractivity contribution < 1.29 is 9.84 Å². The number of rotatable bonds is 5. The van der Waals surface area contributed by atoms with E-state index in [0.29, 0.717) is 6.54 Å². The van der Waals surface area contributed by atoms with Crippen LogP contribution in [0.3, 0.4) is 0 Å². The van der Waals surface area contributed by atoms with Crippen LogP contribution in [0, 0.1) is 0 Å². The first-order valence-electron chi connectivity index (χ1n) is 4.51. The zero-order valence-electron chi connectivity index (χ0n) is 8.23. The number of benzene rings is 1. The fourth-order valence-corrected chi connectivity index (χ4v) is 1.10. The first-order chi connectivity index (χ1) is 6.77. The van der Waals surface area contributed by atoms with E-state index in [-0.39, 0.29) is 12.6 Å². The van der Waals surface area contributed by atoms with Crippen molar-refractivity contribution in [3.05, 3.63) is 24.3 Å². The van der Waals surface area contributed by atoms with Gasteiger partial charge in [-0.15, -0.1) is 0 Å². The standard InChI is InChI=1S/C10H16N2O2/c1-14-10-5-3-2-4-9(10)12-6-8(11)7-13/h2-5,8,12-13H,6-7,11H2,1H3. The third kappa shape index (κ3) is 2.90. The molecule has 14 heavy (non-hydrogen) atoms. The van der Waals surface area contributed by atoms with Crippen molar-refractivity contribution in [2.45, 2.75) is 6.04 Å². The number of hydrogen-bond donors (Lipinski definition) is 3. The van der Waals surface area contributed by atoms with E-state index < -0.39 is 0 Å². The summed E-state index contributed by atoms with van der Waals surface area (Å²) in [7, 11) is 1.62. The highest BCUT2D eigenvalue weighted by Gasteiger charge is 2.03. The smallest absolute Gasteiger partial charge is 0.141 e. The Morgan fingerprint density at radius 1 is 1.50 bits per heavy atom. The fourth-order valence-electron chi connectivity index (χ4n) is 1.10. The fraction of sp³-hybridized carbons (Fsp3) is 0.400. The molecule has 1 aromatic carbocycles. The van der Waals surface area contributed by atoms with Crippen LogP contribution in [-0.2, 0) is 0 Å². The van der Waals surface area contributed by atoms with Crippen LogP contribution in [-0.4, -0.2) is 31.4 Å². The molecule has 0 fully saturated rings. The van der Waals surface area contributed by atoms with Crippen LogP contribution in [0.2, 0.25) is 0 Å². The Balaban J connectivity index is 2.57. The number of aliphatic hydroxyl groups excluding tert-OH is 1. The van der Waals surface area contributed by atoms with E-state index in [9.17, 15) is 0 Å². The Bertz CT molecular complexity index is 279. The van der Waals surface area contributed by atoms with Crippen LogP contribution in [0.25, 0.3) is 0 Å². The van der Waals surface area contributed by atoms with Gasteiger partial charge in [0, 0.05) is 12.6 Å². The largest absolute Gasteiger partial charge is 0.495 e. The van der Waals surface area contributed by atoms with E-state index in [2.05, 4.69) is 5.32 Å². The number of aliphatic hydroxyl groups is 1. The van der Waals surface area contributed by atoms with E-state index in [1.807, 2.05) is 24.3 Å². The van der Waals surface area contributed by atoms with Crippen molar-refractivity contribution in [2.75, 3.05) is 25.6 Å². The summed E-state index contributed by atoms with van der Waals surface area (Å²) in [5.41, 5.74) is 6.45. The zero-order chi connectivity index (χ0) is 10.4. The van der Waals surface area contributed by atoms with Crippen molar-refractivity contribution in [2.24, 2.45) is 5.73 Å². The third-order valence-electron chi connectivity index (χ3n) is 1.90. The van der Waals surface area contributed by atoms with Gasteiger partial charge in [-0.1, -0.05) is 12.1 Å². The molecule has 78 valence electrons. The van der Waals surface area contributed by atoms with Crippen molar-refractivity contribution in [1.29, 1.82) is 0 Å². The van der Waals surface area contributed by atoms with Gasteiger partial charge in [0.15, 0.2) is 0 Å². The molecule has 0 saturated carbocycles. The van der Waals surface area contributed by atoms with Gasteiger partial charge in [-0.3, -0.25) is 0 Å². The Morgan fingerprint density at radius 3 is 2.86 bits per heavy atom. The summed E-state index contributed by atoms with van der Waals surface area (Å²) in [4.78, 5) is 0. The molecule has 1 rings (SSSR count). The maximum absolute atomic E-state index is 8.74. The minimum atomic E-state index is -0.250. The van der Waals surface area contributed by atoms with Gasteiger partial charge >= 0.3 is 0 Å². The lowest BCUT2D eigenvalue weighted by Crippen LogP contribution is -2.32. The molecule has 0 amide bonds. The number of ether oxygens (including phenoxy) is 1. The highest BCUT2D eigenvalue weighted by atomic mass is 16.5. The number of nitrogens with one attached hydrogen (secondary N) is 1. The SMILES string of the molecule is COc1ccccc1NCC(N)CO. The second kappa shape index (κ2) is 5.47. The molecule has 0 aliphatic rings. The molecule has 0 spiro atoms. The average Bonchev–Trinajstić information content (AvgIpc) is 2.26. The van der Waals surface area contributed by atoms with E-state index in [1.165, 1.54) is 0 Å². The molecule has 0 aliphatic heterocycles. The second-order valence-electron chi connectivity index (χ2n) is 3.02. The molecule has 0 saturated heterocycles. The number of para-hydroxylation sites is 2. The normalized spacial score (nSPS) is 12.2. The van der Waals surface area contributed by atoms with Gasteiger partial charge < -0.3 is 20.9 Å². The van der Waals surface area contributed by atoms with Crippen LogP contribution in [0.1, 0.15) is 0 Å². The lowest BCUT2D eigenvalue weighted by Gasteiger charge is -2.13. The molecule has 0 bridgehead atoms. The van der Waals surface area contributed by atoms with Crippen molar-refractivity contribution in [3.8, 4) is 5.75 Å². The maximum atomic E-state index is 8.74. The van der Waals surface area contributed by atoms with Crippen molar-refractivity contribution in [3.63, 3.8) is 0 Å². The summed E-state index contributed by atoms with van der Waals surface area (Å²) in [5, 5.41) is 11.8. The third-order valence-corrected chi connectivity index (χ3v) is 1.90. The number of nitrogens with two attached hydrogens (primary N) is 1. The van der Waals surface area contributed by atoms with Gasteiger partial charge in [0.1, 0.15) is 5.75 Å². The van der Waals surface area contributed by atoms with Gasteiger partial charge in [0.2, 0.25) is 0 Å². The topological polar surface area (TPSA) is 67.5 Å². The molecular weight excluding hydrogens is 180 g/mol. The van der Waals surface area contributed by atoms with E-state index in [0.717, 1.165) is 11.4 Å². The zero-order valence-corrected chi connectivity index (χ0v) is 8.23. The lowest BCUT2D eigenvalue weighted by atomic mass is 10.2. The van der Waals surface area contributed by atoms with Crippen LogP contribution in [0.5, 0.6) is 5.75 Å². The molecule has 0 aromatic heterocycles. The minimum Gasteiger partial charge on any atom is -0.495 e. The van der Waals surface area contributed by atoms with Crippen molar-refractivity contribution >= 4 is 5.69 Å². The van der Waals surface area contributed by atoms with Crippen LogP contribution < -0.4 is 15.8 Å². The highest BCUT2D eigenvalue weighted by Crippen LogP contribution is 2.22. The average molecular weight is 196 g/mol. The molecular formula is C10H16N2O2. The maximum Gasteiger partial charge on any atom is 0.141 e. The first-order valence-corrected chi connectivity index (χ1v) is 4.51. The highest BCUT2D eigenvalue weighted by molar-refractivity contribution is 5.56. The summed E-state index contributed by atoms with van der Waals surface area (Å²) in [6.45, 7) is 0.499. The van der Waals surface area contributed by atoms with Crippen LogP contribution >= 0.6 is 0 Å². The molecule has 0 heterocycles. The summed E-state index contributed by atoms with van der Waals surface area (Å²) >= 11 is 0. The second-order valence-corrected chi connectivity index (χ2v) is 3.02. The number of methoxy groups -OCH3 is 1. The lowest BCUT2D eigenvalue weighted by molar-refractivity contribution is 0.270. The molecule has 0 radical (unpaired) electrons. The van der Waals surface area contributed by atoms with Gasteiger partial charge in [-0.25, -0.2) is 0 Å². The van der Waals surface area contributed by atoms with E-state index in [1.54, 1.807) is 7.11 Å². The number of anilines is 1. The first kappa shape index (κ1) is 10.8. The summed E-state index contributed by atoms with van der Waals surface area (Å²) in [5.74, 6) is 0.776. The summed E-state index contributed by atoms with van der Waals surface area (Å²) < 4.78 is 5.15. The monoisotopic (exact) mass is 196 g/mol. The molecule has 1 atom stereocenters. The Morgan fingerprint density at radius 2 is 2.21 bits per heavy atom. The Hall–Kier alpha value is -1.26. The van der Waals surface area contributed by atoms with Gasteiger partial charge in [-0.2, -0.15) is 0 Å². The molecule has 1 unspecified atom stereocenters. The number of hydrogen-bond acceptors (Lipinski definition) is 4.